The highest BCUT2D eigenvalue weighted by atomic mass is 16.5. The first kappa shape index (κ1) is 19.6. The van der Waals surface area contributed by atoms with Gasteiger partial charge in [0.25, 0.3) is 0 Å². The molecule has 5 nitrogen and oxygen atoms in total. The molecule has 0 aromatic heterocycles. The standard InChI is InChI=1S/C21H26O5/c1-13(2)11-25-15-5-7-17(19(22)9-15)21(24)18-8-6-16(10-20(18)23)26-12-14(3)4/h5-10,13-14,22-23H,11-12H2,1-4H3. The van der Waals surface area contributed by atoms with Crippen molar-refractivity contribution in [2.24, 2.45) is 11.8 Å². The third-order valence-electron chi connectivity index (χ3n) is 3.59. The van der Waals surface area contributed by atoms with Gasteiger partial charge in [-0.2, -0.15) is 0 Å². The molecule has 0 aliphatic rings. The Morgan fingerprint density at radius 1 is 0.808 bits per heavy atom. The average molecular weight is 358 g/mol. The van der Waals surface area contributed by atoms with Crippen LogP contribution in [-0.2, 0) is 0 Å². The van der Waals surface area contributed by atoms with Crippen LogP contribution in [0.5, 0.6) is 23.0 Å². The molecule has 2 aromatic rings. The summed E-state index contributed by atoms with van der Waals surface area (Å²) in [5.74, 6) is 0.861. The van der Waals surface area contributed by atoms with Crippen molar-refractivity contribution in [3.63, 3.8) is 0 Å². The van der Waals surface area contributed by atoms with Gasteiger partial charge in [-0.05, 0) is 36.1 Å². The zero-order valence-electron chi connectivity index (χ0n) is 15.7. The van der Waals surface area contributed by atoms with E-state index in [0.29, 0.717) is 36.5 Å². The van der Waals surface area contributed by atoms with Crippen LogP contribution in [0.3, 0.4) is 0 Å². The lowest BCUT2D eigenvalue weighted by Gasteiger charge is -2.12. The molecule has 0 unspecified atom stereocenters. The maximum absolute atomic E-state index is 12.6. The summed E-state index contributed by atoms with van der Waals surface area (Å²) in [6.45, 7) is 9.13. The van der Waals surface area contributed by atoms with Gasteiger partial charge in [0.05, 0.1) is 24.3 Å². The topological polar surface area (TPSA) is 76.0 Å². The normalized spacial score (nSPS) is 11.0. The molecule has 2 N–H and O–H groups in total. The lowest BCUT2D eigenvalue weighted by Crippen LogP contribution is -2.07. The fourth-order valence-corrected chi connectivity index (χ4v) is 2.26. The van der Waals surface area contributed by atoms with E-state index in [1.165, 1.54) is 24.3 Å². The number of carbonyl (C=O) groups excluding carboxylic acids is 1. The van der Waals surface area contributed by atoms with Crippen LogP contribution in [0.15, 0.2) is 36.4 Å². The summed E-state index contributed by atoms with van der Waals surface area (Å²) >= 11 is 0. The fourth-order valence-electron chi connectivity index (χ4n) is 2.26. The molecule has 0 saturated carbocycles. The smallest absolute Gasteiger partial charge is 0.200 e. The van der Waals surface area contributed by atoms with Crippen molar-refractivity contribution in [3.8, 4) is 23.0 Å². The van der Waals surface area contributed by atoms with Crippen LogP contribution < -0.4 is 9.47 Å². The highest BCUT2D eigenvalue weighted by Crippen LogP contribution is 2.30. The Balaban J connectivity index is 2.18. The minimum atomic E-state index is -0.467. The van der Waals surface area contributed by atoms with Crippen LogP contribution in [0.4, 0.5) is 0 Å². The van der Waals surface area contributed by atoms with Crippen molar-refractivity contribution in [2.45, 2.75) is 27.7 Å². The van der Waals surface area contributed by atoms with Crippen LogP contribution in [0.25, 0.3) is 0 Å². The van der Waals surface area contributed by atoms with E-state index in [1.54, 1.807) is 12.1 Å². The Kier molecular flexibility index (Phi) is 6.50. The Hall–Kier alpha value is -2.69. The molecule has 0 saturated heterocycles. The molecule has 2 rings (SSSR count). The first-order valence-corrected chi connectivity index (χ1v) is 8.74. The minimum Gasteiger partial charge on any atom is -0.507 e. The highest BCUT2D eigenvalue weighted by molar-refractivity contribution is 6.12. The van der Waals surface area contributed by atoms with Gasteiger partial charge in [0.15, 0.2) is 5.78 Å². The fraction of sp³-hybridized carbons (Fsp3) is 0.381. The summed E-state index contributed by atoms with van der Waals surface area (Å²) in [6.07, 6.45) is 0. The van der Waals surface area contributed by atoms with Gasteiger partial charge in [-0.15, -0.1) is 0 Å². The molecule has 0 atom stereocenters. The molecule has 0 fully saturated rings. The van der Waals surface area contributed by atoms with Gasteiger partial charge in [-0.3, -0.25) is 4.79 Å². The van der Waals surface area contributed by atoms with E-state index >= 15 is 0 Å². The van der Waals surface area contributed by atoms with E-state index in [2.05, 4.69) is 0 Å². The van der Waals surface area contributed by atoms with Gasteiger partial charge < -0.3 is 19.7 Å². The van der Waals surface area contributed by atoms with Crippen LogP contribution >= 0.6 is 0 Å². The molecule has 26 heavy (non-hydrogen) atoms. The van der Waals surface area contributed by atoms with Crippen molar-refractivity contribution >= 4 is 5.78 Å². The molecule has 0 amide bonds. The third-order valence-corrected chi connectivity index (χ3v) is 3.59. The molecule has 0 spiro atoms. The minimum absolute atomic E-state index is 0.105. The number of rotatable bonds is 8. The van der Waals surface area contributed by atoms with E-state index in [1.807, 2.05) is 27.7 Å². The van der Waals surface area contributed by atoms with E-state index in [0.717, 1.165) is 0 Å². The molecular formula is C21H26O5. The first-order chi connectivity index (χ1) is 12.3. The summed E-state index contributed by atoms with van der Waals surface area (Å²) in [4.78, 5) is 12.6. The number of aromatic hydroxyl groups is 2. The number of phenolic OH excluding ortho intramolecular Hbond substituents is 2. The van der Waals surface area contributed by atoms with E-state index in [9.17, 15) is 15.0 Å². The zero-order valence-corrected chi connectivity index (χ0v) is 15.7. The lowest BCUT2D eigenvalue weighted by atomic mass is 10.0. The predicted octanol–water partition coefficient (Wildman–Crippen LogP) is 4.40. The molecule has 0 aliphatic carbocycles. The summed E-state index contributed by atoms with van der Waals surface area (Å²) in [5, 5.41) is 20.3. The van der Waals surface area contributed by atoms with Crippen LogP contribution in [0, 0.1) is 11.8 Å². The second-order valence-electron chi connectivity index (χ2n) is 7.10. The Bertz CT molecular complexity index is 701. The van der Waals surface area contributed by atoms with Crippen LogP contribution in [0.1, 0.15) is 43.6 Å². The highest BCUT2D eigenvalue weighted by Gasteiger charge is 2.18. The van der Waals surface area contributed by atoms with E-state index in [-0.39, 0.29) is 22.6 Å². The zero-order chi connectivity index (χ0) is 19.3. The van der Waals surface area contributed by atoms with Gasteiger partial charge in [0.1, 0.15) is 23.0 Å². The Morgan fingerprint density at radius 2 is 1.19 bits per heavy atom. The van der Waals surface area contributed by atoms with Crippen molar-refractivity contribution in [3.05, 3.63) is 47.5 Å². The van der Waals surface area contributed by atoms with E-state index < -0.39 is 5.78 Å². The molecule has 140 valence electrons. The monoisotopic (exact) mass is 358 g/mol. The van der Waals surface area contributed by atoms with Crippen molar-refractivity contribution in [1.82, 2.24) is 0 Å². The van der Waals surface area contributed by atoms with E-state index in [4.69, 9.17) is 9.47 Å². The maximum atomic E-state index is 12.6. The number of ketones is 1. The Morgan fingerprint density at radius 3 is 1.50 bits per heavy atom. The average Bonchev–Trinajstić information content (AvgIpc) is 2.57. The summed E-state index contributed by atoms with van der Waals surface area (Å²) in [7, 11) is 0. The Labute approximate surface area is 154 Å². The number of hydrogen-bond donors (Lipinski definition) is 2. The van der Waals surface area contributed by atoms with Gasteiger partial charge in [-0.25, -0.2) is 0 Å². The number of carbonyl (C=O) groups is 1. The molecular weight excluding hydrogens is 332 g/mol. The summed E-state index contributed by atoms with van der Waals surface area (Å²) in [6, 6.07) is 9.07. The second-order valence-corrected chi connectivity index (χ2v) is 7.10. The second kappa shape index (κ2) is 8.61. The van der Waals surface area contributed by atoms with Gasteiger partial charge >= 0.3 is 0 Å². The third kappa shape index (κ3) is 5.15. The van der Waals surface area contributed by atoms with Crippen LogP contribution in [-0.4, -0.2) is 29.2 Å². The number of benzene rings is 2. The molecule has 0 heterocycles. The number of ether oxygens (including phenoxy) is 2. The van der Waals surface area contributed by atoms with Gasteiger partial charge in [-0.1, -0.05) is 27.7 Å². The summed E-state index contributed by atoms with van der Waals surface area (Å²) in [5.41, 5.74) is 0.209. The first-order valence-electron chi connectivity index (χ1n) is 8.74. The number of hydrogen-bond acceptors (Lipinski definition) is 5. The van der Waals surface area contributed by atoms with Crippen molar-refractivity contribution in [2.75, 3.05) is 13.2 Å². The molecule has 0 radical (unpaired) electrons. The largest absolute Gasteiger partial charge is 0.507 e. The van der Waals surface area contributed by atoms with Crippen LogP contribution in [0.2, 0.25) is 0 Å². The molecule has 2 aromatic carbocycles. The van der Waals surface area contributed by atoms with Gasteiger partial charge in [0.2, 0.25) is 0 Å². The maximum Gasteiger partial charge on any atom is 0.200 e. The van der Waals surface area contributed by atoms with Crippen molar-refractivity contribution < 1.29 is 24.5 Å². The predicted molar refractivity (Wildman–Crippen MR) is 100 cm³/mol. The molecule has 5 heteroatoms. The SMILES string of the molecule is CC(C)COc1ccc(C(=O)c2ccc(OCC(C)C)cc2O)c(O)c1. The summed E-state index contributed by atoms with van der Waals surface area (Å²) < 4.78 is 11.1. The quantitative estimate of drug-likeness (QED) is 0.684. The number of phenols is 2. The molecule has 0 aliphatic heterocycles. The lowest BCUT2D eigenvalue weighted by molar-refractivity contribution is 0.103. The van der Waals surface area contributed by atoms with Crippen molar-refractivity contribution in [1.29, 1.82) is 0 Å². The van der Waals surface area contributed by atoms with Gasteiger partial charge in [0, 0.05) is 12.1 Å². The molecule has 0 bridgehead atoms.